The van der Waals surface area contributed by atoms with E-state index in [9.17, 15) is 19.1 Å². The van der Waals surface area contributed by atoms with Gasteiger partial charge in [0.1, 0.15) is 16.6 Å². The fourth-order valence-electron chi connectivity index (χ4n) is 4.10. The molecule has 1 aliphatic rings. The molecule has 1 aliphatic heterocycles. The maximum Gasteiger partial charge on any atom is 0.295 e. The second-order valence-corrected chi connectivity index (χ2v) is 8.54. The van der Waals surface area contributed by atoms with Crippen LogP contribution in [0.4, 0.5) is 4.39 Å². The van der Waals surface area contributed by atoms with Crippen LogP contribution in [0.2, 0.25) is 10.0 Å². The first-order valence-electron chi connectivity index (χ1n) is 10.5. The van der Waals surface area contributed by atoms with Gasteiger partial charge in [0, 0.05) is 6.54 Å². The minimum atomic E-state index is -0.925. The quantitative estimate of drug-likeness (QED) is 0.256. The van der Waals surface area contributed by atoms with Crippen molar-refractivity contribution in [3.8, 4) is 11.5 Å². The Morgan fingerprint density at radius 3 is 2.23 bits per heavy atom. The van der Waals surface area contributed by atoms with Crippen LogP contribution in [0.5, 0.6) is 11.5 Å². The van der Waals surface area contributed by atoms with Crippen LogP contribution in [0, 0.1) is 5.82 Å². The van der Waals surface area contributed by atoms with Gasteiger partial charge in [-0.2, -0.15) is 0 Å². The molecule has 0 radical (unpaired) electrons. The largest absolute Gasteiger partial charge is 0.507 e. The molecule has 1 N–H and O–H groups in total. The molecule has 1 fully saturated rings. The molecule has 35 heavy (non-hydrogen) atoms. The van der Waals surface area contributed by atoms with Gasteiger partial charge >= 0.3 is 0 Å². The van der Waals surface area contributed by atoms with Crippen molar-refractivity contribution in [1.29, 1.82) is 0 Å². The highest BCUT2D eigenvalue weighted by atomic mass is 35.5. The van der Waals surface area contributed by atoms with Crippen LogP contribution < -0.4 is 9.47 Å². The molecule has 1 heterocycles. The van der Waals surface area contributed by atoms with Crippen LogP contribution >= 0.6 is 23.2 Å². The Bertz CT molecular complexity index is 1330. The standard InChI is InChI=1S/C26H20Cl2FNO5/c1-34-24-17(12-18(27)25(35-2)20(24)28)22(31)19-21(15-6-4-3-5-7-15)30(26(33)23(19)32)13-14-8-10-16(29)11-9-14/h3-12,21,31H,13H2,1-2H3/b22-19+. The highest BCUT2D eigenvalue weighted by Crippen LogP contribution is 2.47. The molecule has 1 saturated heterocycles. The van der Waals surface area contributed by atoms with Gasteiger partial charge in [0.25, 0.3) is 11.7 Å². The summed E-state index contributed by atoms with van der Waals surface area (Å²) >= 11 is 12.7. The van der Waals surface area contributed by atoms with E-state index in [1.54, 1.807) is 30.3 Å². The van der Waals surface area contributed by atoms with Crippen molar-refractivity contribution in [2.24, 2.45) is 0 Å². The molecule has 9 heteroatoms. The van der Waals surface area contributed by atoms with E-state index in [2.05, 4.69) is 0 Å². The normalized spacial score (nSPS) is 17.1. The molecule has 0 bridgehead atoms. The number of ether oxygens (including phenoxy) is 2. The summed E-state index contributed by atoms with van der Waals surface area (Å²) in [4.78, 5) is 27.7. The summed E-state index contributed by atoms with van der Waals surface area (Å²) in [5.41, 5.74) is 1.09. The van der Waals surface area contributed by atoms with E-state index < -0.39 is 29.3 Å². The lowest BCUT2D eigenvalue weighted by atomic mass is 9.94. The number of carbonyl (C=O) groups is 2. The number of nitrogens with zero attached hydrogens (tertiary/aromatic N) is 1. The molecule has 1 atom stereocenters. The van der Waals surface area contributed by atoms with Crippen LogP contribution in [-0.4, -0.2) is 35.9 Å². The van der Waals surface area contributed by atoms with Gasteiger partial charge in [0.2, 0.25) is 0 Å². The number of Topliss-reactive ketones (excluding diaryl/α,β-unsaturated/α-hetero) is 1. The molecule has 3 aromatic carbocycles. The number of rotatable bonds is 6. The molecule has 1 amide bonds. The Labute approximate surface area is 211 Å². The smallest absolute Gasteiger partial charge is 0.295 e. The van der Waals surface area contributed by atoms with Gasteiger partial charge in [0.05, 0.1) is 36.4 Å². The average Bonchev–Trinajstić information content (AvgIpc) is 3.10. The zero-order valence-corrected chi connectivity index (χ0v) is 20.2. The summed E-state index contributed by atoms with van der Waals surface area (Å²) < 4.78 is 24.0. The topological polar surface area (TPSA) is 76.1 Å². The molecule has 180 valence electrons. The number of carbonyl (C=O) groups excluding carboxylic acids is 2. The molecule has 0 aliphatic carbocycles. The molecular formula is C26H20Cl2FNO5. The molecular weight excluding hydrogens is 496 g/mol. The number of aliphatic hydroxyl groups is 1. The van der Waals surface area contributed by atoms with Gasteiger partial charge in [-0.25, -0.2) is 4.39 Å². The van der Waals surface area contributed by atoms with Gasteiger partial charge in [0.15, 0.2) is 11.5 Å². The van der Waals surface area contributed by atoms with Gasteiger partial charge in [-0.3, -0.25) is 9.59 Å². The summed E-state index contributed by atoms with van der Waals surface area (Å²) in [6.45, 7) is 0.0163. The van der Waals surface area contributed by atoms with E-state index in [1.807, 2.05) is 0 Å². The fourth-order valence-corrected chi connectivity index (χ4v) is 4.79. The molecule has 0 aromatic heterocycles. The molecule has 1 unspecified atom stereocenters. The number of ketones is 1. The van der Waals surface area contributed by atoms with Gasteiger partial charge in [-0.05, 0) is 29.3 Å². The second-order valence-electron chi connectivity index (χ2n) is 7.75. The van der Waals surface area contributed by atoms with E-state index in [-0.39, 0.29) is 39.2 Å². The van der Waals surface area contributed by atoms with Crippen molar-refractivity contribution in [1.82, 2.24) is 4.90 Å². The number of methoxy groups -OCH3 is 2. The predicted octanol–water partition coefficient (Wildman–Crippen LogP) is 5.77. The third kappa shape index (κ3) is 4.45. The predicted molar refractivity (Wildman–Crippen MR) is 130 cm³/mol. The molecule has 6 nitrogen and oxygen atoms in total. The van der Waals surface area contributed by atoms with E-state index in [1.165, 1.54) is 49.5 Å². The van der Waals surface area contributed by atoms with Crippen LogP contribution in [0.1, 0.15) is 22.7 Å². The minimum Gasteiger partial charge on any atom is -0.507 e. The van der Waals surface area contributed by atoms with E-state index in [4.69, 9.17) is 32.7 Å². The summed E-state index contributed by atoms with van der Waals surface area (Å²) in [6.07, 6.45) is 0. The van der Waals surface area contributed by atoms with E-state index in [0.29, 0.717) is 11.1 Å². The molecule has 4 rings (SSSR count). The lowest BCUT2D eigenvalue weighted by Gasteiger charge is -2.25. The van der Waals surface area contributed by atoms with E-state index >= 15 is 0 Å². The first-order chi connectivity index (χ1) is 16.8. The third-order valence-electron chi connectivity index (χ3n) is 5.72. The number of amides is 1. The monoisotopic (exact) mass is 515 g/mol. The highest BCUT2D eigenvalue weighted by molar-refractivity contribution is 6.47. The number of halogens is 3. The number of hydrogen-bond donors (Lipinski definition) is 1. The molecule has 0 spiro atoms. The van der Waals surface area contributed by atoms with Crippen molar-refractivity contribution in [3.05, 3.63) is 98.8 Å². The highest BCUT2D eigenvalue weighted by Gasteiger charge is 2.46. The maximum absolute atomic E-state index is 13.4. The summed E-state index contributed by atoms with van der Waals surface area (Å²) in [5, 5.41) is 11.5. The zero-order chi connectivity index (χ0) is 25.3. The van der Waals surface area contributed by atoms with Crippen molar-refractivity contribution < 1.29 is 28.6 Å². The third-order valence-corrected chi connectivity index (χ3v) is 6.34. The van der Waals surface area contributed by atoms with Gasteiger partial charge in [-0.1, -0.05) is 65.7 Å². The Balaban J connectivity index is 1.92. The van der Waals surface area contributed by atoms with Crippen molar-refractivity contribution in [2.45, 2.75) is 12.6 Å². The molecule has 3 aromatic rings. The van der Waals surface area contributed by atoms with Crippen LogP contribution in [0.25, 0.3) is 5.76 Å². The van der Waals surface area contributed by atoms with E-state index in [0.717, 1.165) is 0 Å². The lowest BCUT2D eigenvalue weighted by molar-refractivity contribution is -0.140. The number of hydrogen-bond acceptors (Lipinski definition) is 5. The van der Waals surface area contributed by atoms with Crippen molar-refractivity contribution >= 4 is 40.7 Å². The first-order valence-corrected chi connectivity index (χ1v) is 11.2. The molecule has 0 saturated carbocycles. The lowest BCUT2D eigenvalue weighted by Crippen LogP contribution is -2.29. The Morgan fingerprint density at radius 2 is 1.63 bits per heavy atom. The van der Waals surface area contributed by atoms with Crippen LogP contribution in [-0.2, 0) is 16.1 Å². The summed E-state index contributed by atoms with van der Waals surface area (Å²) in [5.74, 6) is -2.45. The van der Waals surface area contributed by atoms with Crippen molar-refractivity contribution in [3.63, 3.8) is 0 Å². The Hall–Kier alpha value is -3.55. The summed E-state index contributed by atoms with van der Waals surface area (Å²) in [7, 11) is 2.72. The number of benzene rings is 3. The maximum atomic E-state index is 13.4. The average molecular weight is 516 g/mol. The Kier molecular flexibility index (Phi) is 7.00. The zero-order valence-electron chi connectivity index (χ0n) is 18.7. The van der Waals surface area contributed by atoms with Crippen LogP contribution in [0.3, 0.4) is 0 Å². The second kappa shape index (κ2) is 9.98. The summed E-state index contributed by atoms with van der Waals surface area (Å²) in [6, 6.07) is 14.8. The number of aliphatic hydroxyl groups excluding tert-OH is 1. The fraction of sp³-hybridized carbons (Fsp3) is 0.154. The minimum absolute atomic E-state index is 0.000789. The Morgan fingerprint density at radius 1 is 1.00 bits per heavy atom. The van der Waals surface area contributed by atoms with Gasteiger partial charge in [-0.15, -0.1) is 0 Å². The number of likely N-dealkylation sites (tertiary alicyclic amines) is 1. The van der Waals surface area contributed by atoms with Crippen molar-refractivity contribution in [2.75, 3.05) is 14.2 Å². The van der Waals surface area contributed by atoms with Crippen LogP contribution in [0.15, 0.2) is 66.2 Å². The SMILES string of the molecule is COc1c(Cl)cc(/C(O)=C2\C(=O)C(=O)N(Cc3ccc(F)cc3)C2c2ccccc2)c(OC)c1Cl. The first kappa shape index (κ1) is 24.6. The van der Waals surface area contributed by atoms with Gasteiger partial charge < -0.3 is 19.5 Å².